The molecule has 2 fully saturated rings. The summed E-state index contributed by atoms with van der Waals surface area (Å²) >= 11 is 0. The molecule has 2 aliphatic heterocycles. The number of hydrogen-bond acceptors (Lipinski definition) is 3. The van der Waals surface area contributed by atoms with E-state index < -0.39 is 0 Å². The van der Waals surface area contributed by atoms with Gasteiger partial charge in [-0.15, -0.1) is 0 Å². The number of ether oxygens (including phenoxy) is 1. The molecule has 0 aromatic heterocycles. The Morgan fingerprint density at radius 3 is 2.64 bits per heavy atom. The Hall–Kier alpha value is -0.900. The molecule has 22 heavy (non-hydrogen) atoms. The van der Waals surface area contributed by atoms with E-state index in [-0.39, 0.29) is 0 Å². The van der Waals surface area contributed by atoms with Crippen molar-refractivity contribution in [1.29, 1.82) is 0 Å². The number of piperidine rings is 1. The van der Waals surface area contributed by atoms with Crippen LogP contribution in [0.15, 0.2) is 30.3 Å². The Kier molecular flexibility index (Phi) is 5.88. The van der Waals surface area contributed by atoms with Crippen molar-refractivity contribution >= 4 is 0 Å². The average Bonchev–Trinajstić information content (AvgIpc) is 3.08. The summed E-state index contributed by atoms with van der Waals surface area (Å²) in [6.45, 7) is 9.09. The van der Waals surface area contributed by atoms with E-state index in [0.717, 1.165) is 25.7 Å². The molecular weight excluding hydrogens is 272 g/mol. The van der Waals surface area contributed by atoms with Crippen LogP contribution in [0, 0.1) is 5.92 Å². The Morgan fingerprint density at radius 1 is 1.18 bits per heavy atom. The van der Waals surface area contributed by atoms with Gasteiger partial charge in [-0.05, 0) is 49.8 Å². The van der Waals surface area contributed by atoms with Crippen LogP contribution in [-0.4, -0.2) is 50.3 Å². The topological polar surface area (TPSA) is 24.5 Å². The van der Waals surface area contributed by atoms with E-state index in [2.05, 4.69) is 47.5 Å². The van der Waals surface area contributed by atoms with Gasteiger partial charge >= 0.3 is 0 Å². The summed E-state index contributed by atoms with van der Waals surface area (Å²) in [6, 6.07) is 11.5. The second-order valence-corrected chi connectivity index (χ2v) is 7.02. The van der Waals surface area contributed by atoms with Gasteiger partial charge in [0.25, 0.3) is 0 Å². The van der Waals surface area contributed by atoms with Crippen LogP contribution in [0.3, 0.4) is 0 Å². The van der Waals surface area contributed by atoms with Crippen LogP contribution in [0.2, 0.25) is 0 Å². The zero-order chi connectivity index (χ0) is 15.2. The lowest BCUT2D eigenvalue weighted by Gasteiger charge is -2.34. The van der Waals surface area contributed by atoms with E-state index in [1.807, 2.05) is 0 Å². The molecule has 0 bridgehead atoms. The first kappa shape index (κ1) is 16.0. The van der Waals surface area contributed by atoms with Crippen LogP contribution in [0.1, 0.15) is 37.7 Å². The van der Waals surface area contributed by atoms with E-state index in [0.29, 0.717) is 12.0 Å². The van der Waals surface area contributed by atoms with Gasteiger partial charge in [0.15, 0.2) is 0 Å². The third kappa shape index (κ3) is 4.55. The summed E-state index contributed by atoms with van der Waals surface area (Å²) < 4.78 is 5.49. The summed E-state index contributed by atoms with van der Waals surface area (Å²) in [5.41, 5.74) is 1.44. The molecule has 122 valence electrons. The number of likely N-dealkylation sites (tertiary alicyclic amines) is 1. The van der Waals surface area contributed by atoms with Crippen LogP contribution in [0.25, 0.3) is 0 Å². The Balaban J connectivity index is 1.35. The van der Waals surface area contributed by atoms with Crippen molar-refractivity contribution in [3.8, 4) is 0 Å². The first-order valence-electron chi connectivity index (χ1n) is 8.89. The van der Waals surface area contributed by atoms with Gasteiger partial charge in [0.1, 0.15) is 0 Å². The predicted octanol–water partition coefficient (Wildman–Crippen LogP) is 2.88. The quantitative estimate of drug-likeness (QED) is 0.874. The van der Waals surface area contributed by atoms with Gasteiger partial charge in [0.05, 0.1) is 6.61 Å². The fourth-order valence-electron chi connectivity index (χ4n) is 3.66. The van der Waals surface area contributed by atoms with Crippen LogP contribution in [0.5, 0.6) is 0 Å². The van der Waals surface area contributed by atoms with Crippen molar-refractivity contribution in [3.05, 3.63) is 35.9 Å². The maximum atomic E-state index is 5.49. The molecule has 2 atom stereocenters. The third-order valence-corrected chi connectivity index (χ3v) is 5.21. The molecule has 0 amide bonds. The highest BCUT2D eigenvalue weighted by Crippen LogP contribution is 2.19. The highest BCUT2D eigenvalue weighted by Gasteiger charge is 2.23. The molecule has 2 aliphatic rings. The second-order valence-electron chi connectivity index (χ2n) is 7.02. The third-order valence-electron chi connectivity index (χ3n) is 5.21. The molecule has 1 N–H and O–H groups in total. The number of rotatable bonds is 6. The van der Waals surface area contributed by atoms with Crippen molar-refractivity contribution in [2.24, 2.45) is 5.92 Å². The Morgan fingerprint density at radius 2 is 1.95 bits per heavy atom. The monoisotopic (exact) mass is 302 g/mol. The number of nitrogens with one attached hydrogen (secondary N) is 1. The molecule has 2 heterocycles. The predicted molar refractivity (Wildman–Crippen MR) is 91.2 cm³/mol. The molecule has 0 saturated carbocycles. The van der Waals surface area contributed by atoms with Gasteiger partial charge in [0.2, 0.25) is 0 Å². The normalized spacial score (nSPS) is 25.4. The van der Waals surface area contributed by atoms with Crippen LogP contribution < -0.4 is 5.32 Å². The maximum absolute atomic E-state index is 5.49. The highest BCUT2D eigenvalue weighted by molar-refractivity contribution is 5.19. The fourth-order valence-corrected chi connectivity index (χ4v) is 3.66. The number of hydrogen-bond donors (Lipinski definition) is 1. The first-order chi connectivity index (χ1) is 10.8. The fraction of sp³-hybridized carbons (Fsp3) is 0.684. The lowest BCUT2D eigenvalue weighted by Crippen LogP contribution is -2.44. The molecule has 1 aromatic carbocycles. The average molecular weight is 302 g/mol. The van der Waals surface area contributed by atoms with Gasteiger partial charge in [0, 0.05) is 25.7 Å². The van der Waals surface area contributed by atoms with Gasteiger partial charge in [-0.1, -0.05) is 37.3 Å². The van der Waals surface area contributed by atoms with Crippen molar-refractivity contribution in [3.63, 3.8) is 0 Å². The van der Waals surface area contributed by atoms with Gasteiger partial charge in [-0.25, -0.2) is 0 Å². The minimum absolute atomic E-state index is 0.592. The van der Waals surface area contributed by atoms with Crippen molar-refractivity contribution in [2.75, 3.05) is 39.4 Å². The second kappa shape index (κ2) is 8.09. The summed E-state index contributed by atoms with van der Waals surface area (Å²) in [4.78, 5) is 2.64. The zero-order valence-electron chi connectivity index (χ0n) is 13.8. The largest absolute Gasteiger partial charge is 0.381 e. The van der Waals surface area contributed by atoms with Crippen molar-refractivity contribution in [1.82, 2.24) is 10.2 Å². The number of nitrogens with zero attached hydrogens (tertiary/aromatic N) is 1. The molecular formula is C19H30N2O. The molecule has 3 heteroatoms. The minimum Gasteiger partial charge on any atom is -0.381 e. The lowest BCUT2D eigenvalue weighted by molar-refractivity contribution is 0.147. The molecule has 2 saturated heterocycles. The standard InChI is InChI=1S/C19H30N2O/c1-16(18-5-3-2-4-6-18)13-20-19-7-10-21(11-8-19)14-17-9-12-22-15-17/h2-6,16-17,19-20H,7-15H2,1H3/t16-,17+/m0/s1. The SMILES string of the molecule is C[C@@H](CNC1CCN(C[C@H]2CCOC2)CC1)c1ccccc1. The lowest BCUT2D eigenvalue weighted by atomic mass is 9.99. The number of benzene rings is 1. The van der Waals surface area contributed by atoms with E-state index in [1.54, 1.807) is 0 Å². The summed E-state index contributed by atoms with van der Waals surface area (Å²) in [5, 5.41) is 3.78. The summed E-state index contributed by atoms with van der Waals surface area (Å²) in [6.07, 6.45) is 3.83. The van der Waals surface area contributed by atoms with Crippen LogP contribution >= 0.6 is 0 Å². The van der Waals surface area contributed by atoms with Crippen molar-refractivity contribution in [2.45, 2.75) is 38.1 Å². The van der Waals surface area contributed by atoms with Gasteiger partial charge < -0.3 is 15.0 Å². The molecule has 3 nitrogen and oxygen atoms in total. The molecule has 1 aromatic rings. The van der Waals surface area contributed by atoms with Gasteiger partial charge in [-0.2, -0.15) is 0 Å². The maximum Gasteiger partial charge on any atom is 0.0507 e. The van der Waals surface area contributed by atoms with E-state index >= 15 is 0 Å². The Labute approximate surface area is 135 Å². The molecule has 0 aliphatic carbocycles. The summed E-state index contributed by atoms with van der Waals surface area (Å²) in [5.74, 6) is 1.37. The van der Waals surface area contributed by atoms with Crippen LogP contribution in [-0.2, 0) is 4.74 Å². The Bertz CT molecular complexity index is 422. The highest BCUT2D eigenvalue weighted by atomic mass is 16.5. The van der Waals surface area contributed by atoms with E-state index in [1.165, 1.54) is 44.5 Å². The molecule has 0 spiro atoms. The smallest absolute Gasteiger partial charge is 0.0507 e. The molecule has 3 rings (SSSR count). The van der Waals surface area contributed by atoms with Gasteiger partial charge in [-0.3, -0.25) is 0 Å². The molecule has 0 radical (unpaired) electrons. The zero-order valence-corrected chi connectivity index (χ0v) is 13.8. The van der Waals surface area contributed by atoms with E-state index in [9.17, 15) is 0 Å². The van der Waals surface area contributed by atoms with Crippen LogP contribution in [0.4, 0.5) is 0 Å². The first-order valence-corrected chi connectivity index (χ1v) is 8.89. The van der Waals surface area contributed by atoms with E-state index in [4.69, 9.17) is 4.74 Å². The molecule has 0 unspecified atom stereocenters. The summed E-state index contributed by atoms with van der Waals surface area (Å²) in [7, 11) is 0. The minimum atomic E-state index is 0.592. The van der Waals surface area contributed by atoms with Crippen molar-refractivity contribution < 1.29 is 4.74 Å².